The van der Waals surface area contributed by atoms with Gasteiger partial charge in [-0.1, -0.05) is 27.7 Å². The van der Waals surface area contributed by atoms with Crippen LogP contribution in [0.4, 0.5) is 0 Å². The first-order valence-electron chi connectivity index (χ1n) is 6.29. The van der Waals surface area contributed by atoms with Crippen molar-refractivity contribution in [2.24, 2.45) is 5.41 Å². The van der Waals surface area contributed by atoms with Gasteiger partial charge in [0, 0.05) is 6.61 Å². The molecule has 0 aliphatic heterocycles. The van der Waals surface area contributed by atoms with Crippen LogP contribution < -0.4 is 5.32 Å². The molecule has 0 aliphatic carbocycles. The Hall–Kier alpha value is -0.610. The van der Waals surface area contributed by atoms with Crippen molar-refractivity contribution in [1.29, 1.82) is 0 Å². The first-order chi connectivity index (χ1) is 7.90. The van der Waals surface area contributed by atoms with Gasteiger partial charge < -0.3 is 14.8 Å². The van der Waals surface area contributed by atoms with Gasteiger partial charge >= 0.3 is 5.97 Å². The van der Waals surface area contributed by atoms with Crippen molar-refractivity contribution in [2.75, 3.05) is 26.9 Å². The van der Waals surface area contributed by atoms with Gasteiger partial charge in [0.2, 0.25) is 0 Å². The molecular weight excluding hydrogens is 218 g/mol. The summed E-state index contributed by atoms with van der Waals surface area (Å²) < 4.78 is 10.3. The number of rotatable bonds is 8. The Bertz CT molecular complexity index is 211. The molecule has 0 aromatic rings. The SMILES string of the molecule is CCCNC(COCCC(C)(C)C)C(=O)OC. The highest BCUT2D eigenvalue weighted by Crippen LogP contribution is 2.17. The van der Waals surface area contributed by atoms with E-state index in [9.17, 15) is 4.79 Å². The fourth-order valence-electron chi connectivity index (χ4n) is 1.25. The fraction of sp³-hybridized carbons (Fsp3) is 0.923. The monoisotopic (exact) mass is 245 g/mol. The van der Waals surface area contributed by atoms with Crippen LogP contribution in [0.5, 0.6) is 0 Å². The Kier molecular flexibility index (Phi) is 8.17. The molecule has 0 rings (SSSR count). The highest BCUT2D eigenvalue weighted by atomic mass is 16.5. The number of nitrogens with one attached hydrogen (secondary N) is 1. The Labute approximate surface area is 105 Å². The highest BCUT2D eigenvalue weighted by molar-refractivity contribution is 5.75. The lowest BCUT2D eigenvalue weighted by Gasteiger charge is -2.20. The smallest absolute Gasteiger partial charge is 0.325 e. The number of carbonyl (C=O) groups is 1. The van der Waals surface area contributed by atoms with Crippen LogP contribution in [-0.4, -0.2) is 38.9 Å². The van der Waals surface area contributed by atoms with Crippen LogP contribution in [0.3, 0.4) is 0 Å². The molecule has 0 amide bonds. The van der Waals surface area contributed by atoms with Crippen LogP contribution in [-0.2, 0) is 14.3 Å². The van der Waals surface area contributed by atoms with E-state index in [-0.39, 0.29) is 17.4 Å². The van der Waals surface area contributed by atoms with Crippen molar-refractivity contribution in [3.63, 3.8) is 0 Å². The summed E-state index contributed by atoms with van der Waals surface area (Å²) in [6.07, 6.45) is 1.96. The zero-order valence-electron chi connectivity index (χ0n) is 11.8. The van der Waals surface area contributed by atoms with E-state index in [1.807, 2.05) is 0 Å². The quantitative estimate of drug-likeness (QED) is 0.525. The minimum absolute atomic E-state index is 0.255. The lowest BCUT2D eigenvalue weighted by atomic mass is 9.93. The summed E-state index contributed by atoms with van der Waals surface area (Å²) in [5.74, 6) is -0.255. The number of hydrogen-bond donors (Lipinski definition) is 1. The number of methoxy groups -OCH3 is 1. The topological polar surface area (TPSA) is 47.6 Å². The molecule has 17 heavy (non-hydrogen) atoms. The van der Waals surface area contributed by atoms with Gasteiger partial charge in [-0.2, -0.15) is 0 Å². The Morgan fingerprint density at radius 1 is 1.35 bits per heavy atom. The normalized spacial score (nSPS) is 13.5. The van der Waals surface area contributed by atoms with E-state index in [4.69, 9.17) is 9.47 Å². The van der Waals surface area contributed by atoms with Crippen molar-refractivity contribution < 1.29 is 14.3 Å². The summed E-state index contributed by atoms with van der Waals surface area (Å²) in [6, 6.07) is -0.347. The van der Waals surface area contributed by atoms with Gasteiger partial charge in [0.15, 0.2) is 0 Å². The molecular formula is C13H27NO3. The second-order valence-corrected chi connectivity index (χ2v) is 5.42. The number of hydrogen-bond acceptors (Lipinski definition) is 4. The van der Waals surface area contributed by atoms with Gasteiger partial charge in [-0.05, 0) is 24.8 Å². The molecule has 0 saturated heterocycles. The van der Waals surface area contributed by atoms with Gasteiger partial charge in [0.25, 0.3) is 0 Å². The van der Waals surface area contributed by atoms with Crippen molar-refractivity contribution in [3.8, 4) is 0 Å². The molecule has 0 aromatic heterocycles. The lowest BCUT2D eigenvalue weighted by Crippen LogP contribution is -2.41. The van der Waals surface area contributed by atoms with E-state index < -0.39 is 0 Å². The van der Waals surface area contributed by atoms with Crippen LogP contribution in [0.1, 0.15) is 40.5 Å². The van der Waals surface area contributed by atoms with Crippen molar-refractivity contribution in [3.05, 3.63) is 0 Å². The van der Waals surface area contributed by atoms with Crippen LogP contribution in [0.25, 0.3) is 0 Å². The molecule has 4 heteroatoms. The zero-order chi connectivity index (χ0) is 13.3. The fourth-order valence-corrected chi connectivity index (χ4v) is 1.25. The Morgan fingerprint density at radius 2 is 2.00 bits per heavy atom. The molecule has 1 unspecified atom stereocenters. The van der Waals surface area contributed by atoms with E-state index in [1.165, 1.54) is 7.11 Å². The molecule has 0 aliphatic rings. The van der Waals surface area contributed by atoms with Crippen LogP contribution >= 0.6 is 0 Å². The van der Waals surface area contributed by atoms with Crippen LogP contribution in [0, 0.1) is 5.41 Å². The third-order valence-corrected chi connectivity index (χ3v) is 2.41. The average molecular weight is 245 g/mol. The standard InChI is InChI=1S/C13H27NO3/c1-6-8-14-11(12(15)16-5)10-17-9-7-13(2,3)4/h11,14H,6-10H2,1-5H3. The third-order valence-electron chi connectivity index (χ3n) is 2.41. The van der Waals surface area contributed by atoms with Crippen LogP contribution in [0.15, 0.2) is 0 Å². The van der Waals surface area contributed by atoms with Gasteiger partial charge in [0.1, 0.15) is 6.04 Å². The Morgan fingerprint density at radius 3 is 2.47 bits per heavy atom. The number of ether oxygens (including phenoxy) is 2. The zero-order valence-corrected chi connectivity index (χ0v) is 11.8. The second kappa shape index (κ2) is 8.48. The minimum atomic E-state index is -0.347. The van der Waals surface area contributed by atoms with Crippen molar-refractivity contribution in [2.45, 2.75) is 46.6 Å². The summed E-state index contributed by atoms with van der Waals surface area (Å²) in [5, 5.41) is 3.12. The third kappa shape index (κ3) is 9.12. The minimum Gasteiger partial charge on any atom is -0.468 e. The first-order valence-corrected chi connectivity index (χ1v) is 6.29. The van der Waals surface area contributed by atoms with Gasteiger partial charge in [-0.15, -0.1) is 0 Å². The van der Waals surface area contributed by atoms with Crippen molar-refractivity contribution >= 4 is 5.97 Å². The maximum Gasteiger partial charge on any atom is 0.325 e. The molecule has 0 heterocycles. The van der Waals surface area contributed by atoms with Gasteiger partial charge in [-0.3, -0.25) is 4.79 Å². The molecule has 0 bridgehead atoms. The molecule has 0 radical (unpaired) electrons. The van der Waals surface area contributed by atoms with E-state index >= 15 is 0 Å². The van der Waals surface area contributed by atoms with E-state index in [1.54, 1.807) is 0 Å². The predicted octanol–water partition coefficient (Wildman–Crippen LogP) is 1.98. The predicted molar refractivity (Wildman–Crippen MR) is 69.0 cm³/mol. The molecule has 1 N–H and O–H groups in total. The van der Waals surface area contributed by atoms with E-state index in [0.29, 0.717) is 13.2 Å². The maximum absolute atomic E-state index is 11.4. The maximum atomic E-state index is 11.4. The van der Waals surface area contributed by atoms with E-state index in [2.05, 4.69) is 33.0 Å². The molecule has 0 fully saturated rings. The van der Waals surface area contributed by atoms with Crippen LogP contribution in [0.2, 0.25) is 0 Å². The summed E-state index contributed by atoms with van der Waals surface area (Å²) in [6.45, 7) is 10.4. The molecule has 0 aromatic carbocycles. The van der Waals surface area contributed by atoms with E-state index in [0.717, 1.165) is 19.4 Å². The summed E-state index contributed by atoms with van der Waals surface area (Å²) in [4.78, 5) is 11.4. The molecule has 1 atom stereocenters. The first kappa shape index (κ1) is 16.4. The van der Waals surface area contributed by atoms with Gasteiger partial charge in [-0.25, -0.2) is 0 Å². The second-order valence-electron chi connectivity index (χ2n) is 5.42. The molecule has 0 saturated carbocycles. The number of esters is 1. The lowest BCUT2D eigenvalue weighted by molar-refractivity contribution is -0.144. The molecule has 0 spiro atoms. The summed E-state index contributed by atoms with van der Waals surface area (Å²) >= 11 is 0. The molecule has 4 nitrogen and oxygen atoms in total. The highest BCUT2D eigenvalue weighted by Gasteiger charge is 2.18. The van der Waals surface area contributed by atoms with Gasteiger partial charge in [0.05, 0.1) is 13.7 Å². The average Bonchev–Trinajstić information content (AvgIpc) is 2.25. The Balaban J connectivity index is 3.87. The largest absolute Gasteiger partial charge is 0.468 e. The summed E-state index contributed by atoms with van der Waals surface area (Å²) in [5.41, 5.74) is 0.262. The summed E-state index contributed by atoms with van der Waals surface area (Å²) in [7, 11) is 1.40. The molecule has 102 valence electrons. The van der Waals surface area contributed by atoms with Crippen molar-refractivity contribution in [1.82, 2.24) is 5.32 Å². The number of carbonyl (C=O) groups excluding carboxylic acids is 1.